The van der Waals surface area contributed by atoms with Gasteiger partial charge in [0.2, 0.25) is 0 Å². The van der Waals surface area contributed by atoms with Crippen LogP contribution in [0.4, 0.5) is 0 Å². The van der Waals surface area contributed by atoms with E-state index in [1.807, 2.05) is 0 Å². The first-order valence-electron chi connectivity index (χ1n) is 10.9. The SMILES string of the molecule is COC(=O)[C@H]1[C@H]2[C@@H]3[C@H]4[C@H]([C@H](C(=O)OC)[C@@H]3[C@@H]3CC[C@@H](Cl)[C@@H]32)[C@H]2[C@@H](CC[C@H]2Cl)[C@H]14. The van der Waals surface area contributed by atoms with Crippen molar-refractivity contribution in [3.63, 3.8) is 0 Å². The van der Waals surface area contributed by atoms with Crippen LogP contribution in [0.1, 0.15) is 25.7 Å². The molecular formula is C22H28Cl2O4. The van der Waals surface area contributed by atoms with E-state index in [-0.39, 0.29) is 46.4 Å². The average Bonchev–Trinajstić information content (AvgIpc) is 3.45. The van der Waals surface area contributed by atoms with Gasteiger partial charge in [-0.3, -0.25) is 9.59 Å². The molecule has 0 aromatic heterocycles. The van der Waals surface area contributed by atoms with Crippen molar-refractivity contribution in [1.82, 2.24) is 0 Å². The molecule has 0 N–H and O–H groups in total. The summed E-state index contributed by atoms with van der Waals surface area (Å²) in [6.07, 6.45) is 4.12. The Hall–Kier alpha value is -0.480. The van der Waals surface area contributed by atoms with Crippen LogP contribution >= 0.6 is 23.2 Å². The van der Waals surface area contributed by atoms with Crippen molar-refractivity contribution in [3.8, 4) is 0 Å². The van der Waals surface area contributed by atoms with Gasteiger partial charge < -0.3 is 9.47 Å². The maximum Gasteiger partial charge on any atom is 0.309 e. The molecule has 0 bridgehead atoms. The van der Waals surface area contributed by atoms with Gasteiger partial charge >= 0.3 is 11.9 Å². The van der Waals surface area contributed by atoms with Crippen molar-refractivity contribution in [2.75, 3.05) is 14.2 Å². The Morgan fingerprint density at radius 2 is 1.00 bits per heavy atom. The van der Waals surface area contributed by atoms with Crippen LogP contribution in [0, 0.1) is 71.0 Å². The maximum absolute atomic E-state index is 13.1. The number of carbonyl (C=O) groups is 2. The molecule has 14 atom stereocenters. The summed E-state index contributed by atoms with van der Waals surface area (Å²) >= 11 is 13.7. The van der Waals surface area contributed by atoms with Gasteiger partial charge in [-0.2, -0.15) is 0 Å². The van der Waals surface area contributed by atoms with E-state index in [4.69, 9.17) is 32.7 Å². The number of fused-ring (bicyclic) bond motifs is 6. The third-order valence-electron chi connectivity index (χ3n) is 10.1. The van der Waals surface area contributed by atoms with Crippen molar-refractivity contribution >= 4 is 35.1 Å². The molecule has 6 rings (SSSR count). The molecule has 0 aliphatic heterocycles. The highest BCUT2D eigenvalue weighted by molar-refractivity contribution is 6.21. The third-order valence-corrected chi connectivity index (χ3v) is 11.1. The van der Waals surface area contributed by atoms with Crippen LogP contribution in [-0.4, -0.2) is 36.9 Å². The lowest BCUT2D eigenvalue weighted by molar-refractivity contribution is -0.150. The fraction of sp³-hybridized carbons (Fsp3) is 0.909. The second-order valence-corrected chi connectivity index (χ2v) is 11.4. The minimum absolute atomic E-state index is 0.0494. The third kappa shape index (κ3) is 1.91. The standard InChI is InChI=1S/C22H28Cl2O4/c1-27-21(25)19-13-7-3-5-10(24)12(7)16-17(13)18-14(20(16)22(26)28-2)8-4-6-9(23)11(8)15(18)19/h7-20H,3-6H2,1-2H3/t7-,8-,9-,10-,11-,12+,13+,14-,15-,16-,17-,18-,19-,20-/m1/s1. The molecule has 0 amide bonds. The highest BCUT2D eigenvalue weighted by Crippen LogP contribution is 2.80. The Morgan fingerprint density at radius 3 is 1.36 bits per heavy atom. The highest BCUT2D eigenvalue weighted by Gasteiger charge is 2.79. The topological polar surface area (TPSA) is 52.6 Å². The highest BCUT2D eigenvalue weighted by atomic mass is 35.5. The summed E-state index contributed by atoms with van der Waals surface area (Å²) in [4.78, 5) is 26.1. The van der Waals surface area contributed by atoms with E-state index in [2.05, 4.69) is 0 Å². The van der Waals surface area contributed by atoms with E-state index in [1.54, 1.807) is 0 Å². The Balaban J connectivity index is 1.53. The van der Waals surface area contributed by atoms with Gasteiger partial charge in [-0.25, -0.2) is 0 Å². The Labute approximate surface area is 176 Å². The Bertz CT molecular complexity index is 667. The molecule has 0 unspecified atom stereocenters. The molecule has 6 aliphatic carbocycles. The zero-order valence-electron chi connectivity index (χ0n) is 16.3. The van der Waals surface area contributed by atoms with Gasteiger partial charge in [-0.1, -0.05) is 0 Å². The summed E-state index contributed by atoms with van der Waals surface area (Å²) in [5, 5.41) is 0.229. The number of methoxy groups -OCH3 is 2. The maximum atomic E-state index is 13.1. The number of hydrogen-bond donors (Lipinski definition) is 0. The average molecular weight is 427 g/mol. The Kier molecular flexibility index (Phi) is 3.94. The number of ether oxygens (including phenoxy) is 2. The number of alkyl halides is 2. The minimum atomic E-state index is -0.0603. The summed E-state index contributed by atoms with van der Waals surface area (Å²) < 4.78 is 10.7. The molecular weight excluding hydrogens is 399 g/mol. The molecule has 0 aromatic carbocycles. The van der Waals surface area contributed by atoms with Crippen LogP contribution in [-0.2, 0) is 19.1 Å². The largest absolute Gasteiger partial charge is 0.469 e. The van der Waals surface area contributed by atoms with Crippen LogP contribution in [0.2, 0.25) is 0 Å². The zero-order chi connectivity index (χ0) is 19.5. The molecule has 4 nitrogen and oxygen atoms in total. The molecule has 0 heterocycles. The van der Waals surface area contributed by atoms with E-state index in [9.17, 15) is 9.59 Å². The van der Waals surface area contributed by atoms with Crippen LogP contribution in [0.15, 0.2) is 0 Å². The lowest BCUT2D eigenvalue weighted by Crippen LogP contribution is -2.37. The number of carbonyl (C=O) groups excluding carboxylic acids is 2. The first kappa shape index (κ1) is 18.3. The lowest BCUT2D eigenvalue weighted by atomic mass is 9.72. The van der Waals surface area contributed by atoms with Crippen molar-refractivity contribution in [1.29, 1.82) is 0 Å². The van der Waals surface area contributed by atoms with E-state index in [0.717, 1.165) is 25.7 Å². The van der Waals surface area contributed by atoms with Crippen LogP contribution in [0.5, 0.6) is 0 Å². The molecule has 6 aliphatic rings. The van der Waals surface area contributed by atoms with E-state index in [1.165, 1.54) is 14.2 Å². The quantitative estimate of drug-likeness (QED) is 0.500. The van der Waals surface area contributed by atoms with Crippen LogP contribution in [0.3, 0.4) is 0 Å². The molecule has 0 aromatic rings. The van der Waals surface area contributed by atoms with E-state index < -0.39 is 0 Å². The summed E-state index contributed by atoms with van der Waals surface area (Å²) in [5.74, 6) is 3.32. The van der Waals surface area contributed by atoms with Crippen LogP contribution < -0.4 is 0 Å². The summed E-state index contributed by atoms with van der Waals surface area (Å²) in [6, 6.07) is 0. The fourth-order valence-corrected chi connectivity index (χ4v) is 10.9. The number of hydrogen-bond acceptors (Lipinski definition) is 4. The predicted octanol–water partition coefficient (Wildman–Crippen LogP) is 3.58. The number of esters is 2. The van der Waals surface area contributed by atoms with Gasteiger partial charge in [0.15, 0.2) is 0 Å². The molecule has 0 radical (unpaired) electrons. The summed E-state index contributed by atoms with van der Waals surface area (Å²) in [6.45, 7) is 0. The lowest BCUT2D eigenvalue weighted by Gasteiger charge is -2.33. The second kappa shape index (κ2) is 6.03. The smallest absolute Gasteiger partial charge is 0.309 e. The number of rotatable bonds is 2. The van der Waals surface area contributed by atoms with Gasteiger partial charge in [0.1, 0.15) is 0 Å². The fourth-order valence-electron chi connectivity index (χ4n) is 9.97. The zero-order valence-corrected chi connectivity index (χ0v) is 17.8. The van der Waals surface area contributed by atoms with Crippen molar-refractivity contribution in [2.24, 2.45) is 71.0 Å². The second-order valence-electron chi connectivity index (χ2n) is 10.2. The van der Waals surface area contributed by atoms with Gasteiger partial charge in [-0.15, -0.1) is 23.2 Å². The van der Waals surface area contributed by atoms with Gasteiger partial charge in [0, 0.05) is 10.8 Å². The van der Waals surface area contributed by atoms with Gasteiger partial charge in [0.25, 0.3) is 0 Å². The normalized spacial score (nSPS) is 59.9. The Morgan fingerprint density at radius 1 is 0.607 bits per heavy atom. The van der Waals surface area contributed by atoms with Crippen LogP contribution in [0.25, 0.3) is 0 Å². The molecule has 6 fully saturated rings. The molecule has 28 heavy (non-hydrogen) atoms. The molecule has 6 saturated carbocycles. The van der Waals surface area contributed by atoms with Gasteiger partial charge in [-0.05, 0) is 84.9 Å². The molecule has 154 valence electrons. The first-order chi connectivity index (χ1) is 13.5. The van der Waals surface area contributed by atoms with E-state index >= 15 is 0 Å². The van der Waals surface area contributed by atoms with Crippen molar-refractivity contribution < 1.29 is 19.1 Å². The number of halogens is 2. The van der Waals surface area contributed by atoms with Gasteiger partial charge in [0.05, 0.1) is 26.1 Å². The summed E-state index contributed by atoms with van der Waals surface area (Å²) in [5.41, 5.74) is 0. The summed E-state index contributed by atoms with van der Waals surface area (Å²) in [7, 11) is 3.04. The molecule has 0 spiro atoms. The van der Waals surface area contributed by atoms with Crippen molar-refractivity contribution in [3.05, 3.63) is 0 Å². The van der Waals surface area contributed by atoms with E-state index in [0.29, 0.717) is 47.3 Å². The predicted molar refractivity (Wildman–Crippen MR) is 104 cm³/mol. The monoisotopic (exact) mass is 426 g/mol. The minimum Gasteiger partial charge on any atom is -0.469 e. The molecule has 0 saturated heterocycles. The molecule has 6 heteroatoms. The van der Waals surface area contributed by atoms with Crippen molar-refractivity contribution in [2.45, 2.75) is 36.4 Å². The first-order valence-corrected chi connectivity index (χ1v) is 11.8.